The van der Waals surface area contributed by atoms with E-state index in [0.717, 1.165) is 103 Å². The molecule has 252 valence electrons. The number of hydrogen-bond acceptors (Lipinski definition) is 3. The van der Waals surface area contributed by atoms with Crippen LogP contribution in [0, 0.1) is 11.8 Å². The molecule has 4 rings (SSSR count). The first-order valence-electron chi connectivity index (χ1n) is 19.2. The van der Waals surface area contributed by atoms with Gasteiger partial charge in [0.1, 0.15) is 17.3 Å². The van der Waals surface area contributed by atoms with Gasteiger partial charge in [0.15, 0.2) is 0 Å². The quantitative estimate of drug-likeness (QED) is 0.137. The third-order valence-electron chi connectivity index (χ3n) is 11.3. The first-order chi connectivity index (χ1) is 22.5. The second kappa shape index (κ2) is 20.0. The maximum Gasteiger partial charge on any atom is 0.135 e. The number of Topliss-reactive ketones (excluding diaryl/α,β-unsaturated/α-hetero) is 3. The molecule has 0 bridgehead atoms. The average Bonchev–Trinajstić information content (AvgIpc) is 3.11. The summed E-state index contributed by atoms with van der Waals surface area (Å²) in [7, 11) is 0. The summed E-state index contributed by atoms with van der Waals surface area (Å²) in [6, 6.07) is 18.5. The fraction of sp³-hybridized carbons (Fsp3) is 0.651. The molecular weight excluding hydrogens is 564 g/mol. The Kier molecular flexibility index (Phi) is 15.7. The molecule has 0 amide bonds. The maximum atomic E-state index is 12.4. The number of carbonyl (C=O) groups is 3. The zero-order valence-corrected chi connectivity index (χ0v) is 29.2. The van der Waals surface area contributed by atoms with Gasteiger partial charge in [0.25, 0.3) is 0 Å². The zero-order chi connectivity index (χ0) is 32.6. The summed E-state index contributed by atoms with van der Waals surface area (Å²) in [5.41, 5.74) is 5.75. The van der Waals surface area contributed by atoms with Crippen molar-refractivity contribution in [2.45, 2.75) is 167 Å². The second-order valence-corrected chi connectivity index (χ2v) is 14.6. The molecule has 2 aliphatic carbocycles. The summed E-state index contributed by atoms with van der Waals surface area (Å²) in [5, 5.41) is 0. The van der Waals surface area contributed by atoms with Crippen molar-refractivity contribution >= 4 is 17.3 Å². The fourth-order valence-corrected chi connectivity index (χ4v) is 8.12. The molecule has 2 aromatic rings. The van der Waals surface area contributed by atoms with Crippen LogP contribution in [0.1, 0.15) is 176 Å². The molecule has 2 aliphatic rings. The van der Waals surface area contributed by atoms with Gasteiger partial charge in [-0.05, 0) is 124 Å². The van der Waals surface area contributed by atoms with Crippen molar-refractivity contribution in [3.63, 3.8) is 0 Å². The molecule has 0 radical (unpaired) electrons. The molecule has 0 aliphatic heterocycles. The lowest BCUT2D eigenvalue weighted by atomic mass is 9.76. The lowest BCUT2D eigenvalue weighted by molar-refractivity contribution is -0.124. The van der Waals surface area contributed by atoms with Gasteiger partial charge in [0, 0.05) is 37.5 Å². The van der Waals surface area contributed by atoms with Gasteiger partial charge in [0.05, 0.1) is 0 Å². The van der Waals surface area contributed by atoms with Crippen molar-refractivity contribution in [3.8, 4) is 0 Å². The topological polar surface area (TPSA) is 51.2 Å². The van der Waals surface area contributed by atoms with Crippen LogP contribution in [0.25, 0.3) is 0 Å². The van der Waals surface area contributed by atoms with E-state index in [0.29, 0.717) is 53.9 Å². The number of benzene rings is 2. The Balaban J connectivity index is 0.969. The molecular formula is C43H62O3. The molecule has 0 spiro atoms. The van der Waals surface area contributed by atoms with Gasteiger partial charge in [-0.3, -0.25) is 14.4 Å². The molecule has 0 heterocycles. The smallest absolute Gasteiger partial charge is 0.135 e. The highest BCUT2D eigenvalue weighted by atomic mass is 16.1. The molecule has 0 saturated heterocycles. The highest BCUT2D eigenvalue weighted by molar-refractivity contribution is 5.81. The fourth-order valence-electron chi connectivity index (χ4n) is 8.12. The second-order valence-electron chi connectivity index (χ2n) is 14.6. The van der Waals surface area contributed by atoms with Crippen molar-refractivity contribution in [2.75, 3.05) is 0 Å². The maximum absolute atomic E-state index is 12.4. The zero-order valence-electron chi connectivity index (χ0n) is 29.2. The van der Waals surface area contributed by atoms with Gasteiger partial charge in [-0.25, -0.2) is 0 Å². The van der Waals surface area contributed by atoms with Crippen molar-refractivity contribution in [2.24, 2.45) is 11.8 Å². The summed E-state index contributed by atoms with van der Waals surface area (Å²) < 4.78 is 0. The predicted octanol–water partition coefficient (Wildman–Crippen LogP) is 11.4. The van der Waals surface area contributed by atoms with Crippen LogP contribution in [0.3, 0.4) is 0 Å². The van der Waals surface area contributed by atoms with E-state index in [1.807, 2.05) is 13.8 Å². The minimum absolute atomic E-state index is 0.308. The summed E-state index contributed by atoms with van der Waals surface area (Å²) in [6.45, 7) is 3.98. The van der Waals surface area contributed by atoms with Crippen LogP contribution in [0.2, 0.25) is 0 Å². The molecule has 0 aromatic heterocycles. The average molecular weight is 627 g/mol. The molecule has 0 atom stereocenters. The van der Waals surface area contributed by atoms with Crippen LogP contribution in [-0.2, 0) is 27.2 Å². The lowest BCUT2D eigenvalue weighted by Gasteiger charge is -2.28. The first kappa shape index (κ1) is 36.3. The number of carbonyl (C=O) groups excluding carboxylic acids is 3. The van der Waals surface area contributed by atoms with Crippen molar-refractivity contribution in [3.05, 3.63) is 70.8 Å². The third kappa shape index (κ3) is 11.9. The number of hydrogen-bond donors (Lipinski definition) is 0. The summed E-state index contributed by atoms with van der Waals surface area (Å²) >= 11 is 0. The molecule has 0 unspecified atom stereocenters. The Labute approximate surface area is 280 Å². The highest BCUT2D eigenvalue weighted by Crippen LogP contribution is 2.37. The lowest BCUT2D eigenvalue weighted by Crippen LogP contribution is -2.20. The Hall–Kier alpha value is -2.55. The number of unbranched alkanes of at least 4 members (excludes halogenated alkanes) is 6. The number of rotatable bonds is 20. The first-order valence-corrected chi connectivity index (χ1v) is 19.2. The van der Waals surface area contributed by atoms with E-state index in [1.54, 1.807) is 0 Å². The van der Waals surface area contributed by atoms with Crippen LogP contribution < -0.4 is 0 Å². The molecule has 3 nitrogen and oxygen atoms in total. The highest BCUT2D eigenvalue weighted by Gasteiger charge is 2.27. The molecule has 2 saturated carbocycles. The summed E-state index contributed by atoms with van der Waals surface area (Å²) in [5.74, 6) is 3.22. The molecule has 2 fully saturated rings. The minimum Gasteiger partial charge on any atom is -0.300 e. The molecule has 3 heteroatoms. The van der Waals surface area contributed by atoms with E-state index in [1.165, 1.54) is 47.9 Å². The van der Waals surface area contributed by atoms with Crippen molar-refractivity contribution in [1.82, 2.24) is 0 Å². The van der Waals surface area contributed by atoms with Gasteiger partial charge in [-0.1, -0.05) is 88.1 Å². The van der Waals surface area contributed by atoms with Gasteiger partial charge in [0.2, 0.25) is 0 Å². The van der Waals surface area contributed by atoms with Crippen LogP contribution in [-0.4, -0.2) is 17.3 Å². The Morgan fingerprint density at radius 2 is 0.826 bits per heavy atom. The Bertz CT molecular complexity index is 1080. The third-order valence-corrected chi connectivity index (χ3v) is 11.3. The monoisotopic (exact) mass is 626 g/mol. The van der Waals surface area contributed by atoms with E-state index in [4.69, 9.17) is 0 Å². The number of ketones is 3. The van der Waals surface area contributed by atoms with Gasteiger partial charge in [-0.2, -0.15) is 0 Å². The normalized spacial score (nSPS) is 21.6. The largest absolute Gasteiger partial charge is 0.300 e. The minimum atomic E-state index is 0.308. The molecule has 46 heavy (non-hydrogen) atoms. The van der Waals surface area contributed by atoms with Crippen LogP contribution in [0.15, 0.2) is 48.5 Å². The predicted molar refractivity (Wildman–Crippen MR) is 191 cm³/mol. The standard InChI is InChI=1S/C43H62O3/c1-3-42(45)39-29-25-37(26-30-39)35-21-17-33(18-22-35)13-9-5-7-11-15-41(44)16-12-8-6-10-14-34-19-23-36(24-20-34)38-27-31-40(32-28-38)43(46)4-2/h17-24,37-40H,3-16,25-32H2,1-2H3. The Morgan fingerprint density at radius 3 is 1.17 bits per heavy atom. The van der Waals surface area contributed by atoms with E-state index < -0.39 is 0 Å². The molecule has 0 N–H and O–H groups in total. The Morgan fingerprint density at radius 1 is 0.478 bits per heavy atom. The van der Waals surface area contributed by atoms with Gasteiger partial charge >= 0.3 is 0 Å². The van der Waals surface area contributed by atoms with Crippen LogP contribution in [0.4, 0.5) is 0 Å². The number of aryl methyl sites for hydroxylation is 2. The van der Waals surface area contributed by atoms with Crippen molar-refractivity contribution < 1.29 is 14.4 Å². The van der Waals surface area contributed by atoms with Crippen molar-refractivity contribution in [1.29, 1.82) is 0 Å². The van der Waals surface area contributed by atoms with E-state index in [2.05, 4.69) is 48.5 Å². The van der Waals surface area contributed by atoms with Gasteiger partial charge < -0.3 is 0 Å². The van der Waals surface area contributed by atoms with Crippen LogP contribution >= 0.6 is 0 Å². The van der Waals surface area contributed by atoms with E-state index >= 15 is 0 Å². The molecule has 2 aromatic carbocycles. The van der Waals surface area contributed by atoms with Gasteiger partial charge in [-0.15, -0.1) is 0 Å². The van der Waals surface area contributed by atoms with E-state index in [9.17, 15) is 14.4 Å². The summed E-state index contributed by atoms with van der Waals surface area (Å²) in [6.07, 6.45) is 23.1. The SMILES string of the molecule is CCC(=O)C1CCC(c2ccc(CCCCCCC(=O)CCCCCCc3ccc(C4CCC(C(=O)CC)CC4)cc3)cc2)CC1. The van der Waals surface area contributed by atoms with E-state index in [-0.39, 0.29) is 0 Å². The van der Waals surface area contributed by atoms with Crippen LogP contribution in [0.5, 0.6) is 0 Å². The summed E-state index contributed by atoms with van der Waals surface area (Å²) in [4.78, 5) is 36.4.